The molecule has 2 aliphatic carbocycles. The summed E-state index contributed by atoms with van der Waals surface area (Å²) < 4.78 is 0. The van der Waals surface area contributed by atoms with Gasteiger partial charge >= 0.3 is 0 Å². The normalized spacial score (nSPS) is 25.3. The van der Waals surface area contributed by atoms with Gasteiger partial charge in [0.1, 0.15) is 0 Å². The van der Waals surface area contributed by atoms with Crippen molar-refractivity contribution in [1.82, 2.24) is 5.32 Å². The number of hydrogen-bond acceptors (Lipinski definition) is 2. The van der Waals surface area contributed by atoms with Crippen LogP contribution in [0.5, 0.6) is 0 Å². The van der Waals surface area contributed by atoms with Crippen LogP contribution >= 0.6 is 0 Å². The van der Waals surface area contributed by atoms with E-state index in [4.69, 9.17) is 5.73 Å². The molecule has 17 heavy (non-hydrogen) atoms. The Morgan fingerprint density at radius 1 is 1.35 bits per heavy atom. The Bertz CT molecular complexity index is 262. The summed E-state index contributed by atoms with van der Waals surface area (Å²) in [7, 11) is 0. The third-order valence-electron chi connectivity index (χ3n) is 4.88. The number of amides is 1. The van der Waals surface area contributed by atoms with E-state index < -0.39 is 0 Å². The van der Waals surface area contributed by atoms with Gasteiger partial charge in [0.15, 0.2) is 0 Å². The highest BCUT2D eigenvalue weighted by Crippen LogP contribution is 2.42. The van der Waals surface area contributed by atoms with E-state index in [-0.39, 0.29) is 11.3 Å². The number of carbonyl (C=O) groups excluding carboxylic acids is 1. The predicted octanol–water partition coefficient (Wildman–Crippen LogP) is 2.20. The van der Waals surface area contributed by atoms with E-state index in [1.165, 1.54) is 32.1 Å². The molecule has 0 saturated heterocycles. The Morgan fingerprint density at radius 2 is 2.00 bits per heavy atom. The first-order valence-corrected chi connectivity index (χ1v) is 7.15. The largest absolute Gasteiger partial charge is 0.353 e. The molecule has 0 spiro atoms. The predicted molar refractivity (Wildman–Crippen MR) is 69.5 cm³/mol. The van der Waals surface area contributed by atoms with E-state index in [1.807, 2.05) is 0 Å². The molecule has 1 atom stereocenters. The summed E-state index contributed by atoms with van der Waals surface area (Å²) in [5.74, 6) is 0.920. The molecule has 0 aromatic heterocycles. The summed E-state index contributed by atoms with van der Waals surface area (Å²) in [6.07, 6.45) is 9.37. The van der Waals surface area contributed by atoms with E-state index >= 15 is 0 Å². The molecule has 98 valence electrons. The molecule has 3 nitrogen and oxygen atoms in total. The van der Waals surface area contributed by atoms with Crippen molar-refractivity contribution in [3.8, 4) is 0 Å². The second kappa shape index (κ2) is 5.38. The van der Waals surface area contributed by atoms with Crippen LogP contribution in [0.3, 0.4) is 0 Å². The van der Waals surface area contributed by atoms with E-state index in [2.05, 4.69) is 12.2 Å². The SMILES string of the molecule is C[C@@H](NC(=O)CC1(CN)CCC1)C1CCCC1. The second-order valence-corrected chi connectivity index (χ2v) is 6.14. The molecular formula is C14H26N2O. The van der Waals surface area contributed by atoms with Gasteiger partial charge in [0.05, 0.1) is 0 Å². The summed E-state index contributed by atoms with van der Waals surface area (Å²) in [4.78, 5) is 12.0. The maximum atomic E-state index is 12.0. The van der Waals surface area contributed by atoms with Crippen LogP contribution in [-0.4, -0.2) is 18.5 Å². The zero-order chi connectivity index (χ0) is 12.3. The molecule has 1 amide bonds. The van der Waals surface area contributed by atoms with Gasteiger partial charge in [-0.2, -0.15) is 0 Å². The zero-order valence-corrected chi connectivity index (χ0v) is 11.0. The fraction of sp³-hybridized carbons (Fsp3) is 0.929. The van der Waals surface area contributed by atoms with Crippen molar-refractivity contribution in [2.45, 2.75) is 64.3 Å². The minimum atomic E-state index is 0.138. The molecule has 0 aliphatic heterocycles. The Hall–Kier alpha value is -0.570. The van der Waals surface area contributed by atoms with E-state index in [0.717, 1.165) is 12.8 Å². The molecule has 2 fully saturated rings. The minimum Gasteiger partial charge on any atom is -0.353 e. The molecule has 0 unspecified atom stereocenters. The zero-order valence-electron chi connectivity index (χ0n) is 11.0. The summed E-state index contributed by atoms with van der Waals surface area (Å²) in [5, 5.41) is 3.19. The van der Waals surface area contributed by atoms with E-state index in [0.29, 0.717) is 24.9 Å². The van der Waals surface area contributed by atoms with Gasteiger partial charge in [-0.3, -0.25) is 4.79 Å². The first-order valence-electron chi connectivity index (χ1n) is 7.15. The van der Waals surface area contributed by atoms with Crippen molar-refractivity contribution in [1.29, 1.82) is 0 Å². The van der Waals surface area contributed by atoms with Gasteiger partial charge < -0.3 is 11.1 Å². The van der Waals surface area contributed by atoms with Crippen molar-refractivity contribution in [2.75, 3.05) is 6.54 Å². The Morgan fingerprint density at radius 3 is 2.47 bits per heavy atom. The van der Waals surface area contributed by atoms with Gasteiger partial charge in [0.2, 0.25) is 5.91 Å². The molecule has 2 rings (SSSR count). The highest BCUT2D eigenvalue weighted by atomic mass is 16.1. The lowest BCUT2D eigenvalue weighted by Gasteiger charge is -2.40. The summed E-state index contributed by atoms with van der Waals surface area (Å²) in [6, 6.07) is 0.347. The van der Waals surface area contributed by atoms with Crippen LogP contribution in [0.2, 0.25) is 0 Å². The van der Waals surface area contributed by atoms with Crippen molar-refractivity contribution in [3.05, 3.63) is 0 Å². The number of carbonyl (C=O) groups is 1. The summed E-state index contributed by atoms with van der Waals surface area (Å²) in [6.45, 7) is 2.82. The first-order chi connectivity index (χ1) is 8.15. The maximum absolute atomic E-state index is 12.0. The van der Waals surface area contributed by atoms with Crippen LogP contribution in [0.25, 0.3) is 0 Å². The average molecular weight is 238 g/mol. The van der Waals surface area contributed by atoms with Crippen molar-refractivity contribution >= 4 is 5.91 Å². The Balaban J connectivity index is 1.76. The topological polar surface area (TPSA) is 55.1 Å². The van der Waals surface area contributed by atoms with E-state index in [1.54, 1.807) is 0 Å². The molecule has 0 aromatic rings. The smallest absolute Gasteiger partial charge is 0.220 e. The third-order valence-corrected chi connectivity index (χ3v) is 4.88. The monoisotopic (exact) mass is 238 g/mol. The lowest BCUT2D eigenvalue weighted by atomic mass is 9.66. The fourth-order valence-electron chi connectivity index (χ4n) is 3.35. The van der Waals surface area contributed by atoms with Crippen molar-refractivity contribution in [3.63, 3.8) is 0 Å². The van der Waals surface area contributed by atoms with Gasteiger partial charge in [0.25, 0.3) is 0 Å². The second-order valence-electron chi connectivity index (χ2n) is 6.14. The van der Waals surface area contributed by atoms with E-state index in [9.17, 15) is 4.79 Å². The summed E-state index contributed by atoms with van der Waals surface area (Å²) >= 11 is 0. The highest BCUT2D eigenvalue weighted by molar-refractivity contribution is 5.77. The van der Waals surface area contributed by atoms with Gasteiger partial charge in [-0.1, -0.05) is 19.3 Å². The van der Waals surface area contributed by atoms with Crippen molar-refractivity contribution in [2.24, 2.45) is 17.1 Å². The molecule has 2 saturated carbocycles. The lowest BCUT2D eigenvalue weighted by Crippen LogP contribution is -2.45. The molecule has 3 N–H and O–H groups in total. The average Bonchev–Trinajstić information content (AvgIpc) is 2.76. The third kappa shape index (κ3) is 3.01. The molecule has 0 heterocycles. The molecule has 0 bridgehead atoms. The minimum absolute atomic E-state index is 0.138. The molecule has 3 heteroatoms. The molecule has 2 aliphatic rings. The number of nitrogens with two attached hydrogens (primary N) is 1. The van der Waals surface area contributed by atoms with Gasteiger partial charge in [-0.15, -0.1) is 0 Å². The van der Waals surface area contributed by atoms with Gasteiger partial charge in [-0.25, -0.2) is 0 Å². The molecular weight excluding hydrogens is 212 g/mol. The quantitative estimate of drug-likeness (QED) is 0.771. The van der Waals surface area contributed by atoms with Crippen LogP contribution < -0.4 is 11.1 Å². The van der Waals surface area contributed by atoms with Crippen LogP contribution in [0, 0.1) is 11.3 Å². The lowest BCUT2D eigenvalue weighted by molar-refractivity contribution is -0.125. The van der Waals surface area contributed by atoms with Crippen molar-refractivity contribution < 1.29 is 4.79 Å². The first kappa shape index (κ1) is 12.9. The summed E-state index contributed by atoms with van der Waals surface area (Å²) in [5.41, 5.74) is 5.93. The van der Waals surface area contributed by atoms with Crippen LogP contribution in [0.15, 0.2) is 0 Å². The highest BCUT2D eigenvalue weighted by Gasteiger charge is 2.38. The molecule has 0 radical (unpaired) electrons. The van der Waals surface area contributed by atoms with Gasteiger partial charge in [-0.05, 0) is 50.5 Å². The fourth-order valence-corrected chi connectivity index (χ4v) is 3.35. The Labute approximate surface area is 105 Å². The number of nitrogens with one attached hydrogen (secondary N) is 1. The number of hydrogen-bond donors (Lipinski definition) is 2. The van der Waals surface area contributed by atoms with Crippen LogP contribution in [-0.2, 0) is 4.79 Å². The maximum Gasteiger partial charge on any atom is 0.220 e. The molecule has 0 aromatic carbocycles. The standard InChI is InChI=1S/C14H26N2O/c1-11(12-5-2-3-6-12)16-13(17)9-14(10-15)7-4-8-14/h11-12H,2-10,15H2,1H3,(H,16,17)/t11-/m1/s1. The van der Waals surface area contributed by atoms with Gasteiger partial charge in [0, 0.05) is 12.5 Å². The van der Waals surface area contributed by atoms with Crippen LogP contribution in [0.4, 0.5) is 0 Å². The van der Waals surface area contributed by atoms with Crippen LogP contribution in [0.1, 0.15) is 58.3 Å². The Kier molecular flexibility index (Phi) is 4.08. The number of rotatable bonds is 5.